The molecule has 2 aromatic rings. The van der Waals surface area contributed by atoms with Crippen LogP contribution in [0, 0.1) is 5.82 Å². The zero-order valence-corrected chi connectivity index (χ0v) is 16.4. The Hall–Kier alpha value is -3.03. The molecule has 7 nitrogen and oxygen atoms in total. The first kappa shape index (κ1) is 19.3. The number of carbonyl (C=O) groups excluding carboxylic acids is 2. The van der Waals surface area contributed by atoms with Gasteiger partial charge in [-0.2, -0.15) is 5.10 Å². The van der Waals surface area contributed by atoms with Crippen molar-refractivity contribution in [1.29, 1.82) is 0 Å². The molecule has 1 unspecified atom stereocenters. The molecule has 8 heteroatoms. The third-order valence-corrected chi connectivity index (χ3v) is 5.57. The summed E-state index contributed by atoms with van der Waals surface area (Å²) in [6.45, 7) is 4.67. The van der Waals surface area contributed by atoms with Crippen LogP contribution in [0.3, 0.4) is 0 Å². The molecular weight excluding hydrogens is 373 g/mol. The highest BCUT2D eigenvalue weighted by atomic mass is 19.1. The van der Waals surface area contributed by atoms with Crippen LogP contribution in [0.15, 0.2) is 25.0 Å². The molecule has 1 saturated heterocycles. The number of aromatic nitrogens is 3. The van der Waals surface area contributed by atoms with Crippen molar-refractivity contribution in [2.24, 2.45) is 7.05 Å². The number of anilines is 1. The van der Waals surface area contributed by atoms with Gasteiger partial charge in [-0.15, -0.1) is 0 Å². The highest BCUT2D eigenvalue weighted by Gasteiger charge is 2.30. The maximum atomic E-state index is 15.3. The zero-order valence-electron chi connectivity index (χ0n) is 16.4. The summed E-state index contributed by atoms with van der Waals surface area (Å²) in [6, 6.07) is -0.117. The van der Waals surface area contributed by atoms with Crippen molar-refractivity contribution < 1.29 is 14.0 Å². The third kappa shape index (κ3) is 3.66. The van der Waals surface area contributed by atoms with Crippen molar-refractivity contribution in [1.82, 2.24) is 19.7 Å². The van der Waals surface area contributed by atoms with E-state index in [1.54, 1.807) is 29.0 Å². The van der Waals surface area contributed by atoms with Crippen LogP contribution in [0.2, 0.25) is 0 Å². The van der Waals surface area contributed by atoms with E-state index in [0.29, 0.717) is 54.7 Å². The molecule has 2 aromatic heterocycles. The quantitative estimate of drug-likeness (QED) is 0.803. The number of fused-ring (bicyclic) bond motifs is 1. The minimum Gasteiger partial charge on any atom is -0.363 e. The summed E-state index contributed by atoms with van der Waals surface area (Å²) in [4.78, 5) is 30.8. The molecular formula is C21H24FN5O2. The average molecular weight is 397 g/mol. The lowest BCUT2D eigenvalue weighted by atomic mass is 9.88. The summed E-state index contributed by atoms with van der Waals surface area (Å²) in [5.74, 6) is -0.538. The second kappa shape index (κ2) is 7.77. The molecule has 0 saturated carbocycles. The lowest BCUT2D eigenvalue weighted by molar-refractivity contribution is -0.127. The van der Waals surface area contributed by atoms with Gasteiger partial charge in [-0.3, -0.25) is 14.3 Å². The van der Waals surface area contributed by atoms with Gasteiger partial charge in [0.15, 0.2) is 17.4 Å². The second-order valence-electron chi connectivity index (χ2n) is 7.63. The Morgan fingerprint density at radius 3 is 2.93 bits per heavy atom. The number of piperidine rings is 1. The van der Waals surface area contributed by atoms with Gasteiger partial charge in [-0.25, -0.2) is 9.37 Å². The van der Waals surface area contributed by atoms with E-state index in [9.17, 15) is 9.59 Å². The van der Waals surface area contributed by atoms with Crippen LogP contribution in [0.25, 0.3) is 11.3 Å². The van der Waals surface area contributed by atoms with E-state index >= 15 is 4.39 Å². The number of halogens is 1. The monoisotopic (exact) mass is 397 g/mol. The Morgan fingerprint density at radius 1 is 1.38 bits per heavy atom. The third-order valence-electron chi connectivity index (χ3n) is 5.57. The lowest BCUT2D eigenvalue weighted by Crippen LogP contribution is -2.44. The Bertz CT molecular complexity index is 984. The predicted octanol–water partition coefficient (Wildman–Crippen LogP) is 2.73. The van der Waals surface area contributed by atoms with Gasteiger partial charge in [0.05, 0.1) is 17.5 Å². The lowest BCUT2D eigenvalue weighted by Gasteiger charge is -2.33. The van der Waals surface area contributed by atoms with E-state index in [4.69, 9.17) is 0 Å². The van der Waals surface area contributed by atoms with Crippen LogP contribution in [0.1, 0.15) is 41.6 Å². The number of nitrogens with one attached hydrogen (secondary N) is 1. The number of rotatable bonds is 4. The molecule has 152 valence electrons. The molecule has 1 aliphatic carbocycles. The average Bonchev–Trinajstić information content (AvgIpc) is 3.16. The standard InChI is InChI=1S/C21H24FN5O2/c1-3-17(29)27-9-5-6-14(12-27)24-21-19(22)15-7-4-8-16(28)18(15)20(25-21)13-10-23-26(2)11-13/h3,10-11,14H,1,4-9,12H2,2H3,(H,24,25). The SMILES string of the molecule is C=CC(=O)N1CCCC(Nc2nc(-c3cnn(C)c3)c3c(c2F)CCCC3=O)C1. The first-order valence-corrected chi connectivity index (χ1v) is 9.90. The number of ketones is 1. The zero-order chi connectivity index (χ0) is 20.5. The summed E-state index contributed by atoms with van der Waals surface area (Å²) < 4.78 is 16.9. The Balaban J connectivity index is 1.71. The highest BCUT2D eigenvalue weighted by Crippen LogP contribution is 2.35. The molecule has 0 radical (unpaired) electrons. The van der Waals surface area contributed by atoms with Crippen LogP contribution in [-0.2, 0) is 18.3 Å². The van der Waals surface area contributed by atoms with Crippen LogP contribution < -0.4 is 5.32 Å². The van der Waals surface area contributed by atoms with Crippen molar-refractivity contribution in [3.05, 3.63) is 42.0 Å². The molecule has 3 heterocycles. The van der Waals surface area contributed by atoms with E-state index in [1.807, 2.05) is 0 Å². The number of carbonyl (C=O) groups is 2. The molecule has 1 aliphatic heterocycles. The van der Waals surface area contributed by atoms with Crippen LogP contribution >= 0.6 is 0 Å². The number of nitrogens with zero attached hydrogens (tertiary/aromatic N) is 4. The van der Waals surface area contributed by atoms with Gasteiger partial charge in [0, 0.05) is 49.9 Å². The van der Waals surface area contributed by atoms with Gasteiger partial charge in [-0.05, 0) is 31.8 Å². The Kier molecular flexibility index (Phi) is 5.17. The summed E-state index contributed by atoms with van der Waals surface area (Å²) >= 11 is 0. The number of likely N-dealkylation sites (tertiary alicyclic amines) is 1. The maximum absolute atomic E-state index is 15.3. The number of hydrogen-bond donors (Lipinski definition) is 1. The van der Waals surface area contributed by atoms with Gasteiger partial charge in [0.25, 0.3) is 0 Å². The number of amides is 1. The highest BCUT2D eigenvalue weighted by molar-refractivity contribution is 6.04. The van der Waals surface area contributed by atoms with Crippen molar-refractivity contribution in [2.75, 3.05) is 18.4 Å². The molecule has 2 aliphatic rings. The van der Waals surface area contributed by atoms with Gasteiger partial charge >= 0.3 is 0 Å². The number of hydrogen-bond acceptors (Lipinski definition) is 5. The number of Topliss-reactive ketones (excluding diaryl/α,β-unsaturated/α-hetero) is 1. The summed E-state index contributed by atoms with van der Waals surface area (Å²) in [5, 5.41) is 7.36. The summed E-state index contributed by atoms with van der Waals surface area (Å²) in [5.41, 5.74) is 1.96. The van der Waals surface area contributed by atoms with Crippen molar-refractivity contribution >= 4 is 17.5 Å². The van der Waals surface area contributed by atoms with Gasteiger partial charge in [0.1, 0.15) is 0 Å². The van der Waals surface area contributed by atoms with Gasteiger partial charge in [-0.1, -0.05) is 6.58 Å². The fraction of sp³-hybridized carbons (Fsp3) is 0.429. The maximum Gasteiger partial charge on any atom is 0.246 e. The Labute approximate surface area is 168 Å². The van der Waals surface area contributed by atoms with Gasteiger partial charge in [0.2, 0.25) is 5.91 Å². The topological polar surface area (TPSA) is 80.1 Å². The molecule has 0 spiro atoms. The van der Waals surface area contributed by atoms with Crippen LogP contribution in [0.5, 0.6) is 0 Å². The number of pyridine rings is 1. The first-order valence-electron chi connectivity index (χ1n) is 9.90. The van der Waals surface area contributed by atoms with E-state index in [0.717, 1.165) is 12.8 Å². The summed E-state index contributed by atoms with van der Waals surface area (Å²) in [6.07, 6.45) is 7.86. The van der Waals surface area contributed by atoms with Gasteiger partial charge < -0.3 is 10.2 Å². The van der Waals surface area contributed by atoms with Crippen molar-refractivity contribution in [3.63, 3.8) is 0 Å². The van der Waals surface area contributed by atoms with E-state index in [-0.39, 0.29) is 23.6 Å². The molecule has 4 rings (SSSR count). The molecule has 1 N–H and O–H groups in total. The molecule has 0 bridgehead atoms. The Morgan fingerprint density at radius 2 is 2.21 bits per heavy atom. The molecule has 1 atom stereocenters. The van der Waals surface area contributed by atoms with Crippen LogP contribution in [0.4, 0.5) is 10.2 Å². The molecule has 1 fully saturated rings. The van der Waals surface area contributed by atoms with E-state index in [1.165, 1.54) is 6.08 Å². The molecule has 29 heavy (non-hydrogen) atoms. The normalized spacial score (nSPS) is 19.0. The molecule has 0 aromatic carbocycles. The predicted molar refractivity (Wildman–Crippen MR) is 107 cm³/mol. The largest absolute Gasteiger partial charge is 0.363 e. The van der Waals surface area contributed by atoms with Crippen molar-refractivity contribution in [2.45, 2.75) is 38.1 Å². The fourth-order valence-corrected chi connectivity index (χ4v) is 4.16. The van der Waals surface area contributed by atoms with E-state index in [2.05, 4.69) is 22.0 Å². The smallest absolute Gasteiger partial charge is 0.246 e. The second-order valence-corrected chi connectivity index (χ2v) is 7.63. The van der Waals surface area contributed by atoms with Crippen LogP contribution in [-0.4, -0.2) is 50.5 Å². The number of aryl methyl sites for hydroxylation is 1. The minimum absolute atomic E-state index is 0.0801. The first-order chi connectivity index (χ1) is 14.0. The summed E-state index contributed by atoms with van der Waals surface area (Å²) in [7, 11) is 1.79. The van der Waals surface area contributed by atoms with E-state index < -0.39 is 5.82 Å². The minimum atomic E-state index is -0.465. The fourth-order valence-electron chi connectivity index (χ4n) is 4.16. The van der Waals surface area contributed by atoms with Crippen molar-refractivity contribution in [3.8, 4) is 11.3 Å². The molecule has 1 amide bonds.